The van der Waals surface area contributed by atoms with Crippen LogP contribution >= 0.6 is 0 Å². The van der Waals surface area contributed by atoms with E-state index >= 15 is 0 Å². The third-order valence-electron chi connectivity index (χ3n) is 12.0. The molecule has 6 rings (SSSR count). The van der Waals surface area contributed by atoms with Crippen LogP contribution in [0.3, 0.4) is 0 Å². The summed E-state index contributed by atoms with van der Waals surface area (Å²) in [6.45, 7) is 9.74. The highest BCUT2D eigenvalue weighted by Crippen LogP contribution is 2.67. The zero-order chi connectivity index (χ0) is 21.7. The third kappa shape index (κ3) is 3.07. The summed E-state index contributed by atoms with van der Waals surface area (Å²) < 4.78 is 0. The second kappa shape index (κ2) is 7.42. The third-order valence-corrected chi connectivity index (χ3v) is 12.0. The number of nitrogens with zero attached hydrogens (tertiary/aromatic N) is 1. The van der Waals surface area contributed by atoms with Crippen molar-refractivity contribution in [2.75, 3.05) is 13.1 Å². The Kier molecular flexibility index (Phi) is 5.12. The van der Waals surface area contributed by atoms with E-state index in [4.69, 9.17) is 0 Å². The fraction of sp³-hybridized carbons (Fsp3) is 1.00. The number of hydrogen-bond acceptors (Lipinski definition) is 4. The van der Waals surface area contributed by atoms with Gasteiger partial charge in [0.25, 0.3) is 0 Å². The van der Waals surface area contributed by atoms with Crippen molar-refractivity contribution in [3.8, 4) is 0 Å². The Morgan fingerprint density at radius 1 is 0.742 bits per heavy atom. The molecule has 2 saturated heterocycles. The van der Waals surface area contributed by atoms with Crippen LogP contribution in [-0.4, -0.2) is 57.7 Å². The molecular formula is C27H45NO3. The summed E-state index contributed by atoms with van der Waals surface area (Å²) in [4.78, 5) is 2.81. The van der Waals surface area contributed by atoms with Crippen LogP contribution in [-0.2, 0) is 0 Å². The van der Waals surface area contributed by atoms with Crippen LogP contribution in [0.5, 0.6) is 0 Å². The fourth-order valence-corrected chi connectivity index (χ4v) is 10.6. The summed E-state index contributed by atoms with van der Waals surface area (Å²) in [7, 11) is 0. The van der Waals surface area contributed by atoms with Crippen LogP contribution in [0.1, 0.15) is 72.1 Å². The molecule has 31 heavy (non-hydrogen) atoms. The van der Waals surface area contributed by atoms with Crippen molar-refractivity contribution >= 4 is 0 Å². The first kappa shape index (κ1) is 21.4. The van der Waals surface area contributed by atoms with E-state index in [1.54, 1.807) is 0 Å². The first-order valence-electron chi connectivity index (χ1n) is 13.6. The van der Waals surface area contributed by atoms with Gasteiger partial charge in [-0.1, -0.05) is 20.8 Å². The van der Waals surface area contributed by atoms with E-state index in [1.165, 1.54) is 32.4 Å². The van der Waals surface area contributed by atoms with Gasteiger partial charge < -0.3 is 15.3 Å². The molecule has 2 heterocycles. The minimum atomic E-state index is -0.271. The lowest BCUT2D eigenvalue weighted by atomic mass is 9.51. The van der Waals surface area contributed by atoms with Gasteiger partial charge in [0.15, 0.2) is 0 Å². The molecule has 3 N–H and O–H groups in total. The van der Waals surface area contributed by atoms with Crippen LogP contribution in [0.25, 0.3) is 0 Å². The van der Waals surface area contributed by atoms with Gasteiger partial charge in [-0.15, -0.1) is 0 Å². The molecule has 4 saturated carbocycles. The predicted octanol–water partition coefficient (Wildman–Crippen LogP) is 3.53. The summed E-state index contributed by atoms with van der Waals surface area (Å²) in [5.41, 5.74) is 0.168. The van der Waals surface area contributed by atoms with E-state index in [0.717, 1.165) is 43.9 Å². The van der Waals surface area contributed by atoms with Gasteiger partial charge in [-0.05, 0) is 110 Å². The van der Waals surface area contributed by atoms with E-state index in [-0.39, 0.29) is 29.6 Å². The second-order valence-corrected chi connectivity index (χ2v) is 13.3. The van der Waals surface area contributed by atoms with Gasteiger partial charge in [0.1, 0.15) is 0 Å². The average molecular weight is 432 g/mol. The van der Waals surface area contributed by atoms with Crippen molar-refractivity contribution in [1.29, 1.82) is 0 Å². The molecule has 0 spiro atoms. The molecule has 0 aromatic heterocycles. The Hall–Kier alpha value is -0.160. The lowest BCUT2D eigenvalue weighted by Crippen LogP contribution is -2.61. The van der Waals surface area contributed by atoms with Gasteiger partial charge in [0, 0.05) is 19.1 Å². The van der Waals surface area contributed by atoms with Crippen LogP contribution in [0, 0.1) is 58.7 Å². The molecule has 0 bridgehead atoms. The minimum Gasteiger partial charge on any atom is -0.393 e. The molecule has 0 radical (unpaired) electrons. The Morgan fingerprint density at radius 3 is 2.29 bits per heavy atom. The Morgan fingerprint density at radius 2 is 1.48 bits per heavy atom. The molecule has 3 unspecified atom stereocenters. The van der Waals surface area contributed by atoms with Crippen molar-refractivity contribution < 1.29 is 15.3 Å². The van der Waals surface area contributed by atoms with Crippen LogP contribution in [0.4, 0.5) is 0 Å². The molecule has 0 aromatic rings. The molecule has 4 aliphatic carbocycles. The van der Waals surface area contributed by atoms with Gasteiger partial charge in [0.2, 0.25) is 0 Å². The first-order valence-corrected chi connectivity index (χ1v) is 13.6. The van der Waals surface area contributed by atoms with Gasteiger partial charge in [-0.25, -0.2) is 0 Å². The van der Waals surface area contributed by atoms with Crippen LogP contribution < -0.4 is 0 Å². The molecule has 4 heteroatoms. The zero-order valence-electron chi connectivity index (χ0n) is 19.9. The maximum absolute atomic E-state index is 11.4. The fourth-order valence-electron chi connectivity index (χ4n) is 10.6. The smallest absolute Gasteiger partial charge is 0.0577 e. The zero-order valence-corrected chi connectivity index (χ0v) is 19.9. The normalized spacial score (nSPS) is 61.5. The molecule has 14 atom stereocenters. The van der Waals surface area contributed by atoms with Gasteiger partial charge >= 0.3 is 0 Å². The van der Waals surface area contributed by atoms with E-state index in [2.05, 4.69) is 25.7 Å². The van der Waals surface area contributed by atoms with Crippen molar-refractivity contribution in [1.82, 2.24) is 4.90 Å². The minimum absolute atomic E-state index is 0.155. The maximum atomic E-state index is 11.4. The molecule has 176 valence electrons. The highest BCUT2D eigenvalue weighted by molar-refractivity contribution is 5.13. The van der Waals surface area contributed by atoms with Gasteiger partial charge in [0.05, 0.1) is 18.3 Å². The monoisotopic (exact) mass is 431 g/mol. The summed E-state index contributed by atoms with van der Waals surface area (Å²) in [6.07, 6.45) is 7.94. The number of aliphatic hydroxyl groups excluding tert-OH is 3. The van der Waals surface area contributed by atoms with Crippen LogP contribution in [0.2, 0.25) is 0 Å². The molecule has 0 amide bonds. The summed E-state index contributed by atoms with van der Waals surface area (Å²) >= 11 is 0. The van der Waals surface area contributed by atoms with E-state index in [0.29, 0.717) is 41.5 Å². The van der Waals surface area contributed by atoms with E-state index in [1.807, 2.05) is 0 Å². The highest BCUT2D eigenvalue weighted by atomic mass is 16.3. The molecular weight excluding hydrogens is 386 g/mol. The van der Waals surface area contributed by atoms with Crippen molar-refractivity contribution in [2.24, 2.45) is 58.7 Å². The maximum Gasteiger partial charge on any atom is 0.0577 e. The summed E-state index contributed by atoms with van der Waals surface area (Å²) in [5, 5.41) is 32.9. The SMILES string of the molecule is C[C@H]1CC[C@H]2[C@H](C)[C@H]3C(O)C[C@@H]4[C@@H](C[C@H]5[C@H]4CC(O)[C@@H]4CC(O)CC[C@@]45C)[C@@H]3CN2C1. The van der Waals surface area contributed by atoms with Gasteiger partial charge in [-0.2, -0.15) is 0 Å². The summed E-state index contributed by atoms with van der Waals surface area (Å²) in [5.74, 6) is 5.31. The van der Waals surface area contributed by atoms with Crippen molar-refractivity contribution in [3.05, 3.63) is 0 Å². The number of hydrogen-bond donors (Lipinski definition) is 3. The number of aliphatic hydroxyl groups is 3. The van der Waals surface area contributed by atoms with Crippen molar-refractivity contribution in [2.45, 2.75) is 96.5 Å². The Labute approximate surface area is 188 Å². The number of fused-ring (bicyclic) bond motifs is 8. The van der Waals surface area contributed by atoms with Gasteiger partial charge in [-0.3, -0.25) is 4.90 Å². The molecule has 6 aliphatic rings. The lowest BCUT2D eigenvalue weighted by molar-refractivity contribution is -0.139. The highest BCUT2D eigenvalue weighted by Gasteiger charge is 2.64. The lowest BCUT2D eigenvalue weighted by Gasteiger charge is -2.58. The molecule has 4 nitrogen and oxygen atoms in total. The average Bonchev–Trinajstić information content (AvgIpc) is 3.08. The summed E-state index contributed by atoms with van der Waals surface area (Å²) in [6, 6.07) is 0.677. The number of piperidine rings is 2. The topological polar surface area (TPSA) is 63.9 Å². The Balaban J connectivity index is 1.31. The Bertz CT molecular complexity index is 700. The van der Waals surface area contributed by atoms with Crippen molar-refractivity contribution in [3.63, 3.8) is 0 Å². The van der Waals surface area contributed by atoms with Crippen LogP contribution in [0.15, 0.2) is 0 Å². The largest absolute Gasteiger partial charge is 0.393 e. The predicted molar refractivity (Wildman–Crippen MR) is 121 cm³/mol. The quantitative estimate of drug-likeness (QED) is 0.549. The molecule has 6 fully saturated rings. The van der Waals surface area contributed by atoms with E-state index in [9.17, 15) is 15.3 Å². The van der Waals surface area contributed by atoms with E-state index < -0.39 is 0 Å². The molecule has 2 aliphatic heterocycles. The molecule has 0 aromatic carbocycles. The number of rotatable bonds is 0. The second-order valence-electron chi connectivity index (χ2n) is 13.3. The first-order chi connectivity index (χ1) is 14.8. The standard InChI is InChI=1S/C27H45NO3/c1-14-4-5-23-15(2)26-20(13-28(23)12-14)17-9-21-19(18(17)10-25(26)31)11-24(30)22-8-16(29)6-7-27(21,22)3/h14-26,29-31H,4-13H2,1-3H3/t14-,15-,16?,17+,18+,19-,20-,21-,22-,23-,24?,25?,26+,27+/m0/s1.